The van der Waals surface area contributed by atoms with E-state index in [1.165, 1.54) is 21.2 Å². The lowest BCUT2D eigenvalue weighted by Crippen LogP contribution is -2.61. The van der Waals surface area contributed by atoms with Crippen molar-refractivity contribution < 1.29 is 4.39 Å². The van der Waals surface area contributed by atoms with Gasteiger partial charge in [-0.3, -0.25) is 4.90 Å². The Bertz CT molecular complexity index is 1310. The predicted octanol–water partition coefficient (Wildman–Crippen LogP) is 7.30. The van der Waals surface area contributed by atoms with Crippen molar-refractivity contribution in [2.75, 3.05) is 17.7 Å². The molecule has 0 radical (unpaired) electrons. The number of benzene rings is 2. The van der Waals surface area contributed by atoms with Gasteiger partial charge < -0.3 is 10.6 Å². The summed E-state index contributed by atoms with van der Waals surface area (Å²) in [7, 11) is 2.16. The Balaban J connectivity index is 1.35. The third kappa shape index (κ3) is 4.88. The molecule has 1 saturated heterocycles. The summed E-state index contributed by atoms with van der Waals surface area (Å²) in [4.78, 5) is 12.3. The number of aromatic nitrogens is 2. The largest absolute Gasteiger partial charge is 0.365 e. The molecule has 1 aliphatic heterocycles. The summed E-state index contributed by atoms with van der Waals surface area (Å²) in [5, 5.41) is 7.87. The molecule has 35 heavy (non-hydrogen) atoms. The Labute approximate surface area is 210 Å². The minimum absolute atomic E-state index is 0.00294. The number of nitrogens with one attached hydrogen (secondary N) is 2. The summed E-state index contributed by atoms with van der Waals surface area (Å²) in [6, 6.07) is 18.9. The molecule has 0 aliphatic carbocycles. The lowest BCUT2D eigenvalue weighted by atomic mass is 9.77. The van der Waals surface area contributed by atoms with Gasteiger partial charge in [0.1, 0.15) is 0 Å². The zero-order valence-corrected chi connectivity index (χ0v) is 21.7. The van der Waals surface area contributed by atoms with Crippen LogP contribution < -0.4 is 10.6 Å². The van der Waals surface area contributed by atoms with Crippen LogP contribution in [0.1, 0.15) is 40.5 Å². The molecular weight excluding hydrogens is 457 g/mol. The minimum Gasteiger partial charge on any atom is -0.365 e. The van der Waals surface area contributed by atoms with Gasteiger partial charge in [0.05, 0.1) is 6.20 Å². The highest BCUT2D eigenvalue weighted by Crippen LogP contribution is 2.38. The molecular formula is C28H32FN5S. The van der Waals surface area contributed by atoms with Gasteiger partial charge >= 0.3 is 0 Å². The molecule has 4 aromatic rings. The number of piperidine rings is 1. The number of nitrogens with zero attached hydrogens (tertiary/aromatic N) is 3. The highest BCUT2D eigenvalue weighted by molar-refractivity contribution is 7.22. The number of hydrogen-bond donors (Lipinski definition) is 2. The molecule has 0 amide bonds. The molecule has 2 aromatic heterocycles. The summed E-state index contributed by atoms with van der Waals surface area (Å²) in [5.41, 5.74) is 1.97. The maximum absolute atomic E-state index is 14.7. The molecule has 3 heterocycles. The van der Waals surface area contributed by atoms with Gasteiger partial charge in [0.2, 0.25) is 5.95 Å². The molecule has 1 aliphatic rings. The van der Waals surface area contributed by atoms with Gasteiger partial charge in [-0.15, -0.1) is 11.3 Å². The topological polar surface area (TPSA) is 53.1 Å². The van der Waals surface area contributed by atoms with Crippen LogP contribution in [-0.2, 0) is 0 Å². The van der Waals surface area contributed by atoms with E-state index in [9.17, 15) is 4.39 Å². The second-order valence-corrected chi connectivity index (χ2v) is 11.8. The fraction of sp³-hybridized carbons (Fsp3) is 0.357. The minimum atomic E-state index is -0.441. The monoisotopic (exact) mass is 489 g/mol. The lowest BCUT2D eigenvalue weighted by Gasteiger charge is -2.53. The van der Waals surface area contributed by atoms with Gasteiger partial charge in [-0.2, -0.15) is 4.98 Å². The van der Waals surface area contributed by atoms with Crippen molar-refractivity contribution >= 4 is 38.9 Å². The van der Waals surface area contributed by atoms with Gasteiger partial charge in [-0.25, -0.2) is 9.37 Å². The average Bonchev–Trinajstić information content (AvgIpc) is 3.24. The van der Waals surface area contributed by atoms with E-state index in [0.717, 1.165) is 24.1 Å². The molecule has 5 rings (SSSR count). The number of halogens is 1. The van der Waals surface area contributed by atoms with Crippen LogP contribution in [0.4, 0.5) is 21.8 Å². The number of thiophene rings is 1. The molecule has 2 aromatic carbocycles. The van der Waals surface area contributed by atoms with Crippen molar-refractivity contribution in [3.63, 3.8) is 0 Å². The zero-order valence-electron chi connectivity index (χ0n) is 20.9. The molecule has 182 valence electrons. The van der Waals surface area contributed by atoms with Crippen LogP contribution in [0, 0.1) is 5.82 Å². The van der Waals surface area contributed by atoms with Crippen LogP contribution in [0.15, 0.2) is 60.8 Å². The number of likely N-dealkylation sites (tertiary alicyclic amines) is 1. The second kappa shape index (κ2) is 8.88. The van der Waals surface area contributed by atoms with E-state index >= 15 is 0 Å². The second-order valence-electron chi connectivity index (χ2n) is 10.7. The smallest absolute Gasteiger partial charge is 0.229 e. The summed E-state index contributed by atoms with van der Waals surface area (Å²) >= 11 is 1.77. The Kier molecular flexibility index (Phi) is 6.01. The summed E-state index contributed by atoms with van der Waals surface area (Å²) in [6.07, 6.45) is 3.03. The van der Waals surface area contributed by atoms with Crippen LogP contribution in [0.3, 0.4) is 0 Å². The van der Waals surface area contributed by atoms with Crippen LogP contribution in [0.25, 0.3) is 20.5 Å². The SMILES string of the molecule is CN1C(C)(C)CC(Nc2nc(Nc3cccc(-c4cc5ccccc5s4)c3)ncc2F)CC1(C)C. The highest BCUT2D eigenvalue weighted by atomic mass is 32.1. The molecule has 0 atom stereocenters. The number of anilines is 3. The van der Waals surface area contributed by atoms with Crippen molar-refractivity contribution in [3.05, 3.63) is 66.6 Å². The standard InChI is InChI=1S/C28H32FN5S/c1-27(2)15-21(16-28(3,4)34(27)5)31-25-22(29)17-30-26(33-25)32-20-11-8-10-18(13-20)24-14-19-9-6-7-12-23(19)35-24/h6-14,17,21H,15-16H2,1-5H3,(H2,30,31,32,33). The molecule has 7 heteroatoms. The average molecular weight is 490 g/mol. The normalized spacial score (nSPS) is 18.0. The first-order valence-electron chi connectivity index (χ1n) is 12.0. The molecule has 0 unspecified atom stereocenters. The van der Waals surface area contributed by atoms with E-state index in [2.05, 4.69) is 103 Å². The van der Waals surface area contributed by atoms with Gasteiger partial charge in [0.25, 0.3) is 0 Å². The maximum Gasteiger partial charge on any atom is 0.229 e. The maximum atomic E-state index is 14.7. The van der Waals surface area contributed by atoms with Gasteiger partial charge in [0.15, 0.2) is 11.6 Å². The first-order valence-corrected chi connectivity index (χ1v) is 12.8. The Morgan fingerprint density at radius 3 is 2.49 bits per heavy atom. The van der Waals surface area contributed by atoms with E-state index in [-0.39, 0.29) is 22.9 Å². The van der Waals surface area contributed by atoms with E-state index in [1.54, 1.807) is 11.3 Å². The predicted molar refractivity (Wildman–Crippen MR) is 145 cm³/mol. The van der Waals surface area contributed by atoms with Crippen LogP contribution in [-0.4, -0.2) is 39.0 Å². The third-order valence-electron chi connectivity index (χ3n) is 7.22. The third-order valence-corrected chi connectivity index (χ3v) is 8.39. The van der Waals surface area contributed by atoms with Crippen molar-refractivity contribution in [2.24, 2.45) is 0 Å². The lowest BCUT2D eigenvalue weighted by molar-refractivity contribution is -0.00778. The van der Waals surface area contributed by atoms with Crippen LogP contribution in [0.5, 0.6) is 0 Å². The molecule has 0 saturated carbocycles. The molecule has 2 N–H and O–H groups in total. The molecule has 0 bridgehead atoms. The Hall–Kier alpha value is -3.03. The Morgan fingerprint density at radius 2 is 1.74 bits per heavy atom. The number of rotatable bonds is 5. The first-order chi connectivity index (χ1) is 16.6. The number of fused-ring (bicyclic) bond motifs is 1. The quantitative estimate of drug-likeness (QED) is 0.308. The highest BCUT2D eigenvalue weighted by Gasteiger charge is 2.43. The summed E-state index contributed by atoms with van der Waals surface area (Å²) in [5.74, 6) is 0.169. The fourth-order valence-corrected chi connectivity index (χ4v) is 6.26. The fourth-order valence-electron chi connectivity index (χ4n) is 5.20. The van der Waals surface area contributed by atoms with E-state index in [0.29, 0.717) is 5.95 Å². The van der Waals surface area contributed by atoms with Crippen molar-refractivity contribution in [2.45, 2.75) is 57.7 Å². The molecule has 0 spiro atoms. The van der Waals surface area contributed by atoms with Crippen LogP contribution >= 0.6 is 11.3 Å². The first kappa shape index (κ1) is 23.7. The van der Waals surface area contributed by atoms with Crippen molar-refractivity contribution in [3.8, 4) is 10.4 Å². The van der Waals surface area contributed by atoms with Crippen molar-refractivity contribution in [1.29, 1.82) is 0 Å². The zero-order chi connectivity index (χ0) is 24.8. The van der Waals surface area contributed by atoms with Gasteiger partial charge in [-0.05, 0) is 82.8 Å². The Morgan fingerprint density at radius 1 is 1.00 bits per heavy atom. The van der Waals surface area contributed by atoms with Gasteiger partial charge in [0, 0.05) is 32.4 Å². The van der Waals surface area contributed by atoms with E-state index < -0.39 is 5.82 Å². The summed E-state index contributed by atoms with van der Waals surface area (Å²) < 4.78 is 16.0. The molecule has 1 fully saturated rings. The van der Waals surface area contributed by atoms with E-state index in [1.807, 2.05) is 12.1 Å². The number of hydrogen-bond acceptors (Lipinski definition) is 6. The van der Waals surface area contributed by atoms with Gasteiger partial charge in [-0.1, -0.05) is 30.3 Å². The van der Waals surface area contributed by atoms with E-state index in [4.69, 9.17) is 0 Å². The van der Waals surface area contributed by atoms with Crippen molar-refractivity contribution in [1.82, 2.24) is 14.9 Å². The molecule has 5 nitrogen and oxygen atoms in total. The van der Waals surface area contributed by atoms with Crippen LogP contribution in [0.2, 0.25) is 0 Å². The summed E-state index contributed by atoms with van der Waals surface area (Å²) in [6.45, 7) is 8.93.